The molecule has 44 heavy (non-hydrogen) atoms. The van der Waals surface area contributed by atoms with E-state index in [0.29, 0.717) is 51.8 Å². The molecule has 224 valence electrons. The fourth-order valence-corrected chi connectivity index (χ4v) is 6.48. The summed E-state index contributed by atoms with van der Waals surface area (Å²) in [5.74, 6) is -1.35. The Kier molecular flexibility index (Phi) is 7.41. The van der Waals surface area contributed by atoms with Crippen LogP contribution in [0.2, 0.25) is 0 Å². The molecule has 5 heterocycles. The van der Waals surface area contributed by atoms with Crippen LogP contribution < -0.4 is 11.1 Å². The average molecular weight is 615 g/mol. The van der Waals surface area contributed by atoms with Crippen molar-refractivity contribution in [3.63, 3.8) is 0 Å². The minimum absolute atomic E-state index is 0.00676. The Morgan fingerprint density at radius 2 is 1.61 bits per heavy atom. The number of nitrogens with one attached hydrogen (secondary N) is 1. The summed E-state index contributed by atoms with van der Waals surface area (Å²) in [6, 6.07) is 10.2. The lowest BCUT2D eigenvalue weighted by Crippen LogP contribution is -2.17. The fraction of sp³-hybridized carbons (Fsp3) is 0.226. The van der Waals surface area contributed by atoms with Gasteiger partial charge in [-0.2, -0.15) is 10.2 Å². The summed E-state index contributed by atoms with van der Waals surface area (Å²) in [4.78, 5) is 35.9. The maximum absolute atomic E-state index is 14.2. The third kappa shape index (κ3) is 4.78. The standard InChI is InChI=1S/C31H28F2N8O2S/c1-5-40-15(3)20(13-35-40)18-11-24(28(32)33)38-31-25(18)26(27(44-31)29(34)42)39-30(43)19-12-23(21-14-36-41(6-2)16(21)4)37-22-10-8-7-9-17(19)22/h7-14,28H,5-6H2,1-4H3,(H2,34,42)(H,39,43). The number of aryl methyl sites for hydroxylation is 2. The average Bonchev–Trinajstić information content (AvgIpc) is 3.70. The number of nitrogens with two attached hydrogens (primary N) is 1. The normalized spacial score (nSPS) is 11.6. The number of carbonyl (C=O) groups is 2. The molecule has 0 saturated carbocycles. The van der Waals surface area contributed by atoms with Gasteiger partial charge in [0, 0.05) is 46.4 Å². The first-order valence-electron chi connectivity index (χ1n) is 13.9. The molecule has 0 spiro atoms. The van der Waals surface area contributed by atoms with Crippen molar-refractivity contribution in [2.45, 2.75) is 47.2 Å². The monoisotopic (exact) mass is 614 g/mol. The second-order valence-electron chi connectivity index (χ2n) is 10.2. The van der Waals surface area contributed by atoms with Crippen molar-refractivity contribution in [2.75, 3.05) is 5.32 Å². The third-order valence-electron chi connectivity index (χ3n) is 7.70. The van der Waals surface area contributed by atoms with Crippen LogP contribution in [-0.2, 0) is 13.1 Å². The summed E-state index contributed by atoms with van der Waals surface area (Å²) in [7, 11) is 0. The Bertz CT molecular complexity index is 2100. The van der Waals surface area contributed by atoms with Gasteiger partial charge in [-0.15, -0.1) is 11.3 Å². The Morgan fingerprint density at radius 3 is 2.25 bits per heavy atom. The molecule has 2 amide bonds. The topological polar surface area (TPSA) is 134 Å². The highest BCUT2D eigenvalue weighted by Crippen LogP contribution is 2.43. The fourth-order valence-electron chi connectivity index (χ4n) is 5.46. The van der Waals surface area contributed by atoms with E-state index in [1.165, 1.54) is 6.07 Å². The SMILES string of the molecule is CCn1ncc(-c2cc(C(=O)Nc3c(C(N)=O)sc4nc(C(F)F)cc(-c5cnn(CC)c5C)c34)c3ccccc3n2)c1C. The van der Waals surface area contributed by atoms with E-state index in [0.717, 1.165) is 28.3 Å². The van der Waals surface area contributed by atoms with Crippen LogP contribution >= 0.6 is 11.3 Å². The van der Waals surface area contributed by atoms with E-state index in [2.05, 4.69) is 20.5 Å². The molecule has 0 aliphatic carbocycles. The van der Waals surface area contributed by atoms with Crippen molar-refractivity contribution < 1.29 is 18.4 Å². The lowest BCUT2D eigenvalue weighted by molar-refractivity contribution is 0.100. The number of hydrogen-bond donors (Lipinski definition) is 2. The van der Waals surface area contributed by atoms with Crippen molar-refractivity contribution in [1.82, 2.24) is 29.5 Å². The number of primary amides is 1. The van der Waals surface area contributed by atoms with Crippen molar-refractivity contribution >= 4 is 50.0 Å². The molecule has 0 aliphatic heterocycles. The first kappa shape index (κ1) is 29.1. The first-order valence-corrected chi connectivity index (χ1v) is 14.8. The lowest BCUT2D eigenvalue weighted by Gasteiger charge is -2.13. The predicted molar refractivity (Wildman–Crippen MR) is 166 cm³/mol. The molecule has 0 unspecified atom stereocenters. The highest BCUT2D eigenvalue weighted by molar-refractivity contribution is 7.21. The predicted octanol–water partition coefficient (Wildman–Crippen LogP) is 6.52. The molecular weight excluding hydrogens is 586 g/mol. The molecule has 0 radical (unpaired) electrons. The van der Waals surface area contributed by atoms with Crippen LogP contribution in [0.1, 0.15) is 57.4 Å². The molecule has 10 nitrogen and oxygen atoms in total. The second-order valence-corrected chi connectivity index (χ2v) is 11.2. The molecule has 6 rings (SSSR count). The number of nitrogens with zero attached hydrogens (tertiary/aromatic N) is 6. The Labute approximate surface area is 254 Å². The minimum Gasteiger partial charge on any atom is -0.365 e. The summed E-state index contributed by atoms with van der Waals surface area (Å²) in [5, 5.41) is 12.6. The zero-order valence-corrected chi connectivity index (χ0v) is 25.2. The summed E-state index contributed by atoms with van der Waals surface area (Å²) in [6.07, 6.45) is 0.434. The summed E-state index contributed by atoms with van der Waals surface area (Å²) in [5.41, 5.74) is 10.2. The van der Waals surface area contributed by atoms with Gasteiger partial charge in [0.2, 0.25) is 0 Å². The number of halogens is 2. The molecule has 5 aromatic heterocycles. The van der Waals surface area contributed by atoms with Crippen molar-refractivity contribution in [3.05, 3.63) is 76.3 Å². The molecule has 3 N–H and O–H groups in total. The van der Waals surface area contributed by atoms with Crippen LogP contribution in [0.4, 0.5) is 14.5 Å². The summed E-state index contributed by atoms with van der Waals surface area (Å²) in [6.45, 7) is 8.90. The number of aromatic nitrogens is 6. The molecule has 0 saturated heterocycles. The number of carbonyl (C=O) groups excluding carboxylic acids is 2. The second kappa shape index (κ2) is 11.2. The molecular formula is C31H28F2N8O2S. The van der Waals surface area contributed by atoms with E-state index in [1.54, 1.807) is 35.3 Å². The molecule has 0 atom stereocenters. The van der Waals surface area contributed by atoms with Crippen LogP contribution in [0.5, 0.6) is 0 Å². The van der Waals surface area contributed by atoms with Crippen LogP contribution in [-0.4, -0.2) is 41.3 Å². The maximum Gasteiger partial charge on any atom is 0.280 e. The molecule has 13 heteroatoms. The first-order chi connectivity index (χ1) is 21.1. The van der Waals surface area contributed by atoms with Gasteiger partial charge in [0.1, 0.15) is 15.4 Å². The Morgan fingerprint density at radius 1 is 0.955 bits per heavy atom. The van der Waals surface area contributed by atoms with Gasteiger partial charge < -0.3 is 11.1 Å². The number of thiophene rings is 1. The smallest absolute Gasteiger partial charge is 0.280 e. The maximum atomic E-state index is 14.2. The summed E-state index contributed by atoms with van der Waals surface area (Å²) >= 11 is 0.855. The van der Waals surface area contributed by atoms with E-state index in [9.17, 15) is 18.4 Å². The van der Waals surface area contributed by atoms with Crippen molar-refractivity contribution in [2.24, 2.45) is 5.73 Å². The van der Waals surface area contributed by atoms with Gasteiger partial charge >= 0.3 is 0 Å². The van der Waals surface area contributed by atoms with Crippen molar-refractivity contribution in [1.29, 1.82) is 0 Å². The minimum atomic E-state index is -2.86. The van der Waals surface area contributed by atoms with Gasteiger partial charge in [0.25, 0.3) is 18.2 Å². The number of pyridine rings is 2. The zero-order chi connectivity index (χ0) is 31.3. The van der Waals surface area contributed by atoms with E-state index in [-0.39, 0.29) is 15.4 Å². The number of hydrogen-bond acceptors (Lipinski definition) is 7. The Balaban J connectivity index is 1.56. The highest BCUT2D eigenvalue weighted by atomic mass is 32.1. The zero-order valence-electron chi connectivity index (χ0n) is 24.4. The van der Waals surface area contributed by atoms with E-state index >= 15 is 0 Å². The molecule has 1 aromatic carbocycles. The molecule has 0 bridgehead atoms. The van der Waals surface area contributed by atoms with Crippen LogP contribution in [0, 0.1) is 13.8 Å². The van der Waals surface area contributed by atoms with Crippen LogP contribution in [0.25, 0.3) is 43.5 Å². The largest absolute Gasteiger partial charge is 0.365 e. The van der Waals surface area contributed by atoms with Crippen molar-refractivity contribution in [3.8, 4) is 22.4 Å². The highest BCUT2D eigenvalue weighted by Gasteiger charge is 2.27. The molecule has 0 fully saturated rings. The molecule has 0 aliphatic rings. The Hall–Kier alpha value is -5.04. The van der Waals surface area contributed by atoms with Gasteiger partial charge in [-0.05, 0) is 51.5 Å². The van der Waals surface area contributed by atoms with Gasteiger partial charge in [-0.1, -0.05) is 18.2 Å². The third-order valence-corrected chi connectivity index (χ3v) is 8.80. The van der Waals surface area contributed by atoms with Gasteiger partial charge in [-0.25, -0.2) is 18.7 Å². The van der Waals surface area contributed by atoms with Gasteiger partial charge in [-0.3, -0.25) is 19.0 Å². The number of anilines is 1. The van der Waals surface area contributed by atoms with Crippen LogP contribution in [0.3, 0.4) is 0 Å². The number of amides is 2. The van der Waals surface area contributed by atoms with E-state index in [4.69, 9.17) is 10.7 Å². The van der Waals surface area contributed by atoms with E-state index < -0.39 is 23.9 Å². The lowest BCUT2D eigenvalue weighted by atomic mass is 10.0. The van der Waals surface area contributed by atoms with Crippen LogP contribution in [0.15, 0.2) is 48.8 Å². The summed E-state index contributed by atoms with van der Waals surface area (Å²) < 4.78 is 31.5. The number of para-hydroxylation sites is 1. The van der Waals surface area contributed by atoms with Gasteiger partial charge in [0.05, 0.1) is 34.9 Å². The number of fused-ring (bicyclic) bond motifs is 2. The number of benzene rings is 1. The van der Waals surface area contributed by atoms with E-state index in [1.807, 2.05) is 44.5 Å². The van der Waals surface area contributed by atoms with Gasteiger partial charge in [0.15, 0.2) is 0 Å². The quantitative estimate of drug-likeness (QED) is 0.201. The number of alkyl halides is 2. The number of rotatable bonds is 8. The molecule has 6 aromatic rings.